The third kappa shape index (κ3) is 4.15. The number of aliphatic hydroxyl groups excluding tert-OH is 1. The van der Waals surface area contributed by atoms with Gasteiger partial charge in [0, 0.05) is 12.6 Å². The van der Waals surface area contributed by atoms with Crippen molar-refractivity contribution >= 4 is 0 Å². The van der Waals surface area contributed by atoms with E-state index in [1.807, 2.05) is 35.0 Å². The van der Waals surface area contributed by atoms with Gasteiger partial charge < -0.3 is 10.4 Å². The van der Waals surface area contributed by atoms with Crippen LogP contribution in [0.4, 0.5) is 0 Å². The maximum atomic E-state index is 9.49. The first kappa shape index (κ1) is 13.7. The lowest BCUT2D eigenvalue weighted by atomic mass is 10.1. The minimum Gasteiger partial charge on any atom is -0.394 e. The molecule has 2 N–H and O–H groups in total. The molecular weight excluding hydrogens is 240 g/mol. The van der Waals surface area contributed by atoms with Gasteiger partial charge >= 0.3 is 0 Å². The summed E-state index contributed by atoms with van der Waals surface area (Å²) in [5.41, 5.74) is 1.11. The van der Waals surface area contributed by atoms with E-state index in [2.05, 4.69) is 22.3 Å². The van der Waals surface area contributed by atoms with E-state index in [0.717, 1.165) is 18.5 Å². The Morgan fingerprint density at radius 2 is 2.11 bits per heavy atom. The fraction of sp³-hybridized carbons (Fsp3) is 0.429. The Balaban J connectivity index is 1.84. The molecular formula is C14H20N4O. The summed E-state index contributed by atoms with van der Waals surface area (Å²) in [6, 6.07) is 10.3. The minimum absolute atomic E-state index is 0.0213. The van der Waals surface area contributed by atoms with Crippen LogP contribution in [0.25, 0.3) is 0 Å². The van der Waals surface area contributed by atoms with Crippen LogP contribution < -0.4 is 5.32 Å². The summed E-state index contributed by atoms with van der Waals surface area (Å²) in [5, 5.41) is 17.0. The molecule has 2 aromatic rings. The number of benzene rings is 1. The van der Waals surface area contributed by atoms with Gasteiger partial charge in [-0.3, -0.25) is 4.68 Å². The summed E-state index contributed by atoms with van der Waals surface area (Å²) in [6.07, 6.45) is 4.19. The average Bonchev–Trinajstić information content (AvgIpc) is 2.97. The third-order valence-corrected chi connectivity index (χ3v) is 3.13. The molecule has 0 spiro atoms. The normalized spacial score (nSPS) is 14.2. The van der Waals surface area contributed by atoms with Crippen molar-refractivity contribution in [2.75, 3.05) is 6.61 Å². The molecule has 0 aliphatic heterocycles. The molecule has 102 valence electrons. The van der Waals surface area contributed by atoms with Crippen molar-refractivity contribution in [1.29, 1.82) is 0 Å². The lowest BCUT2D eigenvalue weighted by Crippen LogP contribution is -2.33. The van der Waals surface area contributed by atoms with Gasteiger partial charge in [0.2, 0.25) is 0 Å². The molecule has 19 heavy (non-hydrogen) atoms. The van der Waals surface area contributed by atoms with Gasteiger partial charge in [0.25, 0.3) is 0 Å². The van der Waals surface area contributed by atoms with Crippen molar-refractivity contribution in [2.45, 2.75) is 32.0 Å². The number of aryl methyl sites for hydroxylation is 1. The molecule has 1 heterocycles. The standard InChI is InChI=1S/C14H20N4O/c1-12(7-8-18-11-15-10-16-18)17-14(9-19)13-5-3-2-4-6-13/h2-6,10-12,14,17,19H,7-9H2,1H3. The van der Waals surface area contributed by atoms with Crippen molar-refractivity contribution in [1.82, 2.24) is 20.1 Å². The summed E-state index contributed by atoms with van der Waals surface area (Å²) in [5.74, 6) is 0. The molecule has 5 nitrogen and oxygen atoms in total. The first-order valence-corrected chi connectivity index (χ1v) is 6.54. The van der Waals surface area contributed by atoms with Crippen LogP contribution in [0.2, 0.25) is 0 Å². The predicted molar refractivity (Wildman–Crippen MR) is 73.5 cm³/mol. The van der Waals surface area contributed by atoms with Crippen molar-refractivity contribution in [3.63, 3.8) is 0 Å². The highest BCUT2D eigenvalue weighted by molar-refractivity contribution is 5.19. The summed E-state index contributed by atoms with van der Waals surface area (Å²) < 4.78 is 1.81. The average molecular weight is 260 g/mol. The van der Waals surface area contributed by atoms with Gasteiger partial charge in [-0.15, -0.1) is 0 Å². The summed E-state index contributed by atoms with van der Waals surface area (Å²) >= 11 is 0. The van der Waals surface area contributed by atoms with Crippen LogP contribution in [-0.2, 0) is 6.54 Å². The molecule has 1 aromatic heterocycles. The van der Waals surface area contributed by atoms with E-state index < -0.39 is 0 Å². The fourth-order valence-electron chi connectivity index (χ4n) is 2.04. The molecule has 0 fully saturated rings. The van der Waals surface area contributed by atoms with Crippen molar-refractivity contribution in [2.24, 2.45) is 0 Å². The molecule has 2 atom stereocenters. The summed E-state index contributed by atoms with van der Waals surface area (Å²) in [6.45, 7) is 3.03. The van der Waals surface area contributed by atoms with Crippen LogP contribution in [0.15, 0.2) is 43.0 Å². The maximum Gasteiger partial charge on any atom is 0.137 e. The highest BCUT2D eigenvalue weighted by atomic mass is 16.3. The molecule has 2 unspecified atom stereocenters. The highest BCUT2D eigenvalue weighted by Crippen LogP contribution is 2.13. The fourth-order valence-corrected chi connectivity index (χ4v) is 2.04. The zero-order chi connectivity index (χ0) is 13.5. The van der Waals surface area contributed by atoms with Crippen molar-refractivity contribution < 1.29 is 5.11 Å². The number of nitrogens with one attached hydrogen (secondary N) is 1. The number of aromatic nitrogens is 3. The van der Waals surface area contributed by atoms with Crippen LogP contribution in [0, 0.1) is 0 Å². The van der Waals surface area contributed by atoms with Gasteiger partial charge in [0.1, 0.15) is 12.7 Å². The maximum absolute atomic E-state index is 9.49. The summed E-state index contributed by atoms with van der Waals surface area (Å²) in [4.78, 5) is 3.92. The Morgan fingerprint density at radius 3 is 2.74 bits per heavy atom. The van der Waals surface area contributed by atoms with Crippen LogP contribution in [0.1, 0.15) is 24.9 Å². The van der Waals surface area contributed by atoms with Gasteiger partial charge in [-0.2, -0.15) is 5.10 Å². The molecule has 2 rings (SSSR count). The molecule has 1 aromatic carbocycles. The van der Waals surface area contributed by atoms with Gasteiger partial charge in [0.15, 0.2) is 0 Å². The van der Waals surface area contributed by atoms with Crippen LogP contribution in [0.3, 0.4) is 0 Å². The smallest absolute Gasteiger partial charge is 0.137 e. The topological polar surface area (TPSA) is 63.0 Å². The second kappa shape index (κ2) is 7.01. The lowest BCUT2D eigenvalue weighted by Gasteiger charge is -2.22. The van der Waals surface area contributed by atoms with E-state index in [4.69, 9.17) is 0 Å². The molecule has 0 radical (unpaired) electrons. The second-order valence-corrected chi connectivity index (χ2v) is 4.66. The first-order chi connectivity index (χ1) is 9.29. The monoisotopic (exact) mass is 260 g/mol. The van der Waals surface area contributed by atoms with Crippen molar-refractivity contribution in [3.05, 3.63) is 48.5 Å². The van der Waals surface area contributed by atoms with E-state index in [1.54, 1.807) is 12.7 Å². The molecule has 0 saturated heterocycles. The minimum atomic E-state index is -0.0213. The Morgan fingerprint density at radius 1 is 1.32 bits per heavy atom. The van der Waals surface area contributed by atoms with Crippen molar-refractivity contribution in [3.8, 4) is 0 Å². The molecule has 0 aliphatic carbocycles. The highest BCUT2D eigenvalue weighted by Gasteiger charge is 2.13. The third-order valence-electron chi connectivity index (χ3n) is 3.13. The van der Waals surface area contributed by atoms with Crippen LogP contribution in [-0.4, -0.2) is 32.5 Å². The zero-order valence-electron chi connectivity index (χ0n) is 11.1. The Hall–Kier alpha value is -1.72. The summed E-state index contributed by atoms with van der Waals surface area (Å²) in [7, 11) is 0. The zero-order valence-corrected chi connectivity index (χ0v) is 11.1. The largest absolute Gasteiger partial charge is 0.394 e. The Bertz CT molecular complexity index is 458. The van der Waals surface area contributed by atoms with E-state index >= 15 is 0 Å². The lowest BCUT2D eigenvalue weighted by molar-refractivity contribution is 0.231. The van der Waals surface area contributed by atoms with E-state index in [9.17, 15) is 5.11 Å². The van der Waals surface area contributed by atoms with E-state index in [1.165, 1.54) is 0 Å². The molecule has 0 saturated carbocycles. The molecule has 0 bridgehead atoms. The van der Waals surface area contributed by atoms with E-state index in [-0.39, 0.29) is 12.6 Å². The van der Waals surface area contributed by atoms with Gasteiger partial charge in [-0.1, -0.05) is 30.3 Å². The molecule has 0 amide bonds. The molecule has 5 heteroatoms. The SMILES string of the molecule is CC(CCn1cncn1)NC(CO)c1ccccc1. The van der Waals surface area contributed by atoms with Crippen LogP contribution in [0.5, 0.6) is 0 Å². The Kier molecular flexibility index (Phi) is 5.06. The number of aliphatic hydroxyl groups is 1. The Labute approximate surface area is 113 Å². The number of nitrogens with zero attached hydrogens (tertiary/aromatic N) is 3. The number of hydrogen-bond acceptors (Lipinski definition) is 4. The predicted octanol–water partition coefficient (Wildman–Crippen LogP) is 1.38. The molecule has 0 aliphatic rings. The van der Waals surface area contributed by atoms with Gasteiger partial charge in [-0.05, 0) is 18.9 Å². The van der Waals surface area contributed by atoms with E-state index in [0.29, 0.717) is 6.04 Å². The van der Waals surface area contributed by atoms with Gasteiger partial charge in [-0.25, -0.2) is 4.98 Å². The first-order valence-electron chi connectivity index (χ1n) is 6.54. The van der Waals surface area contributed by atoms with Crippen LogP contribution >= 0.6 is 0 Å². The van der Waals surface area contributed by atoms with Gasteiger partial charge in [0.05, 0.1) is 12.6 Å². The second-order valence-electron chi connectivity index (χ2n) is 4.66. The quantitative estimate of drug-likeness (QED) is 0.789. The number of rotatable bonds is 7. The number of hydrogen-bond donors (Lipinski definition) is 2.